The highest BCUT2D eigenvalue weighted by Crippen LogP contribution is 1.36. The quantitative estimate of drug-likeness (QED) is 0.314. The van der Waals surface area contributed by atoms with E-state index in [2.05, 4.69) is 16.4 Å². The minimum absolute atomic E-state index is 0.931. The molecular formula is C3H11N3. The fourth-order valence-corrected chi connectivity index (χ4v) is 0.177. The molecule has 3 N–H and O–H groups in total. The average molecular weight is 89.1 g/mol. The van der Waals surface area contributed by atoms with E-state index in [1.165, 1.54) is 0 Å². The average Bonchev–Trinajstić information content (AvgIpc) is 1.61. The fraction of sp³-hybridized carbons (Fsp3) is 1.00. The van der Waals surface area contributed by atoms with Gasteiger partial charge in [0.15, 0.2) is 0 Å². The van der Waals surface area contributed by atoms with Gasteiger partial charge in [-0.1, -0.05) is 6.92 Å². The van der Waals surface area contributed by atoms with Crippen LogP contribution < -0.4 is 16.4 Å². The molecule has 0 heterocycles. The molecule has 0 aliphatic heterocycles. The maximum Gasteiger partial charge on any atom is 0.00846 e. The van der Waals surface area contributed by atoms with E-state index in [1.807, 2.05) is 14.0 Å². The van der Waals surface area contributed by atoms with Gasteiger partial charge in [-0.05, 0) is 7.05 Å². The van der Waals surface area contributed by atoms with Gasteiger partial charge >= 0.3 is 0 Å². The Bertz CT molecular complexity index is 18.0. The lowest BCUT2D eigenvalue weighted by atomic mass is 10.8. The van der Waals surface area contributed by atoms with Crippen molar-refractivity contribution in [2.75, 3.05) is 13.6 Å². The summed E-state index contributed by atoms with van der Waals surface area (Å²) >= 11 is 0. The largest absolute Gasteiger partial charge is 0.247 e. The van der Waals surface area contributed by atoms with Crippen molar-refractivity contribution in [3.8, 4) is 0 Å². The SMILES string of the molecule is CCNNNC. The van der Waals surface area contributed by atoms with Crippen LogP contribution >= 0.6 is 0 Å². The van der Waals surface area contributed by atoms with Crippen LogP contribution in [-0.4, -0.2) is 13.6 Å². The van der Waals surface area contributed by atoms with Gasteiger partial charge in [-0.25, -0.2) is 10.9 Å². The van der Waals surface area contributed by atoms with Gasteiger partial charge in [0.05, 0.1) is 0 Å². The Balaban J connectivity index is 2.34. The van der Waals surface area contributed by atoms with Gasteiger partial charge in [0.1, 0.15) is 0 Å². The Kier molecular flexibility index (Phi) is 4.78. The second kappa shape index (κ2) is 4.88. The van der Waals surface area contributed by atoms with Gasteiger partial charge in [0, 0.05) is 6.54 Å². The van der Waals surface area contributed by atoms with Crippen LogP contribution in [0, 0.1) is 0 Å². The summed E-state index contributed by atoms with van der Waals surface area (Å²) < 4.78 is 0. The number of hydrazine groups is 2. The lowest BCUT2D eigenvalue weighted by Gasteiger charge is -1.97. The summed E-state index contributed by atoms with van der Waals surface area (Å²) in [6, 6.07) is 0. The monoisotopic (exact) mass is 89.1 g/mol. The van der Waals surface area contributed by atoms with Crippen LogP contribution in [0.1, 0.15) is 6.92 Å². The van der Waals surface area contributed by atoms with Crippen LogP contribution in [0.4, 0.5) is 0 Å². The summed E-state index contributed by atoms with van der Waals surface area (Å²) in [6.45, 7) is 2.95. The molecule has 6 heavy (non-hydrogen) atoms. The van der Waals surface area contributed by atoms with E-state index >= 15 is 0 Å². The molecular weight excluding hydrogens is 78.1 g/mol. The topological polar surface area (TPSA) is 36.1 Å². The maximum atomic E-state index is 2.84. The fourth-order valence-electron chi connectivity index (χ4n) is 0.177. The van der Waals surface area contributed by atoms with Gasteiger partial charge in [0.25, 0.3) is 0 Å². The van der Waals surface area contributed by atoms with Crippen LogP contribution in [-0.2, 0) is 0 Å². The van der Waals surface area contributed by atoms with Crippen molar-refractivity contribution in [1.29, 1.82) is 0 Å². The molecule has 38 valence electrons. The Hall–Kier alpha value is -0.120. The third-order valence-corrected chi connectivity index (χ3v) is 0.390. The number of nitrogens with one attached hydrogen (secondary N) is 3. The number of hydrogen-bond donors (Lipinski definition) is 3. The summed E-state index contributed by atoms with van der Waals surface area (Å²) in [7, 11) is 1.81. The van der Waals surface area contributed by atoms with Crippen molar-refractivity contribution in [2.24, 2.45) is 0 Å². The van der Waals surface area contributed by atoms with Gasteiger partial charge < -0.3 is 0 Å². The minimum atomic E-state index is 0.931. The van der Waals surface area contributed by atoms with Crippen LogP contribution in [0.5, 0.6) is 0 Å². The molecule has 0 aliphatic carbocycles. The zero-order valence-electron chi connectivity index (χ0n) is 4.21. The highest BCUT2D eigenvalue weighted by Gasteiger charge is 1.65. The van der Waals surface area contributed by atoms with Gasteiger partial charge in [-0.3, -0.25) is 0 Å². The van der Waals surface area contributed by atoms with Gasteiger partial charge in [0.2, 0.25) is 0 Å². The number of hydrogen-bond acceptors (Lipinski definition) is 3. The molecule has 0 saturated carbocycles. The zero-order chi connectivity index (χ0) is 4.83. The van der Waals surface area contributed by atoms with E-state index in [1.54, 1.807) is 0 Å². The second-order valence-electron chi connectivity index (χ2n) is 0.905. The molecule has 0 aliphatic rings. The Morgan fingerprint density at radius 1 is 1.50 bits per heavy atom. The first kappa shape index (κ1) is 5.88. The molecule has 0 radical (unpaired) electrons. The highest BCUT2D eigenvalue weighted by atomic mass is 15.6. The molecule has 0 rings (SSSR count). The maximum absolute atomic E-state index is 2.84. The van der Waals surface area contributed by atoms with Crippen molar-refractivity contribution in [2.45, 2.75) is 6.92 Å². The molecule has 0 bridgehead atoms. The summed E-state index contributed by atoms with van der Waals surface area (Å²) in [6.07, 6.45) is 0. The normalized spacial score (nSPS) is 9.00. The molecule has 3 nitrogen and oxygen atoms in total. The molecule has 0 unspecified atom stereocenters. The third kappa shape index (κ3) is 3.88. The summed E-state index contributed by atoms with van der Waals surface area (Å²) in [4.78, 5) is 0. The molecule has 0 atom stereocenters. The van der Waals surface area contributed by atoms with Crippen molar-refractivity contribution >= 4 is 0 Å². The Labute approximate surface area is 38.1 Å². The first-order valence-corrected chi connectivity index (χ1v) is 2.06. The van der Waals surface area contributed by atoms with Gasteiger partial charge in [-0.15, -0.1) is 0 Å². The van der Waals surface area contributed by atoms with Gasteiger partial charge in [-0.2, -0.15) is 5.53 Å². The predicted octanol–water partition coefficient (Wildman–Crippen LogP) is -0.765. The van der Waals surface area contributed by atoms with E-state index in [0.29, 0.717) is 0 Å². The molecule has 0 spiro atoms. The molecule has 0 aromatic rings. The second-order valence-corrected chi connectivity index (χ2v) is 0.905. The van der Waals surface area contributed by atoms with Crippen molar-refractivity contribution in [1.82, 2.24) is 16.4 Å². The van der Waals surface area contributed by atoms with Crippen LogP contribution in [0.15, 0.2) is 0 Å². The predicted molar refractivity (Wildman–Crippen MR) is 25.9 cm³/mol. The first-order chi connectivity index (χ1) is 2.91. The summed E-state index contributed by atoms with van der Waals surface area (Å²) in [5, 5.41) is 0. The molecule has 0 amide bonds. The van der Waals surface area contributed by atoms with Crippen molar-refractivity contribution in [3.05, 3.63) is 0 Å². The smallest absolute Gasteiger partial charge is 0.00846 e. The summed E-state index contributed by atoms with van der Waals surface area (Å²) in [5.41, 5.74) is 8.24. The van der Waals surface area contributed by atoms with E-state index in [4.69, 9.17) is 0 Å². The summed E-state index contributed by atoms with van der Waals surface area (Å²) in [5.74, 6) is 0. The van der Waals surface area contributed by atoms with E-state index in [9.17, 15) is 0 Å². The highest BCUT2D eigenvalue weighted by molar-refractivity contribution is 4.18. The van der Waals surface area contributed by atoms with Crippen LogP contribution in [0.25, 0.3) is 0 Å². The molecule has 0 saturated heterocycles. The van der Waals surface area contributed by atoms with E-state index in [-0.39, 0.29) is 0 Å². The molecule has 3 heteroatoms. The van der Waals surface area contributed by atoms with Crippen molar-refractivity contribution in [3.63, 3.8) is 0 Å². The van der Waals surface area contributed by atoms with Crippen molar-refractivity contribution < 1.29 is 0 Å². The third-order valence-electron chi connectivity index (χ3n) is 0.390. The molecule has 0 aromatic carbocycles. The van der Waals surface area contributed by atoms with E-state index < -0.39 is 0 Å². The Morgan fingerprint density at radius 3 is 2.33 bits per heavy atom. The zero-order valence-corrected chi connectivity index (χ0v) is 4.21. The van der Waals surface area contributed by atoms with Crippen LogP contribution in [0.3, 0.4) is 0 Å². The molecule has 0 fully saturated rings. The lowest BCUT2D eigenvalue weighted by molar-refractivity contribution is 0.484. The lowest BCUT2D eigenvalue weighted by Crippen LogP contribution is -2.40. The van der Waals surface area contributed by atoms with Crippen LogP contribution in [0.2, 0.25) is 0 Å². The minimum Gasteiger partial charge on any atom is -0.247 e. The Morgan fingerprint density at radius 2 is 2.17 bits per heavy atom. The number of rotatable bonds is 3. The standard InChI is InChI=1S/C3H11N3/c1-3-5-6-4-2/h4-6H,3H2,1-2H3. The first-order valence-electron chi connectivity index (χ1n) is 2.06. The molecule has 0 aromatic heterocycles. The van der Waals surface area contributed by atoms with E-state index in [0.717, 1.165) is 6.54 Å².